The van der Waals surface area contributed by atoms with E-state index in [1.807, 2.05) is 54.6 Å². The fraction of sp³-hybridized carbons (Fsp3) is 0.0909. The lowest BCUT2D eigenvalue weighted by Crippen LogP contribution is -2.01. The molecule has 2 aromatic carbocycles. The molecule has 0 radical (unpaired) electrons. The van der Waals surface area contributed by atoms with Gasteiger partial charge in [0.1, 0.15) is 0 Å². The Labute approximate surface area is 173 Å². The third-order valence-electron chi connectivity index (χ3n) is 4.63. The van der Waals surface area contributed by atoms with Gasteiger partial charge >= 0.3 is 0 Å². The molecule has 4 rings (SSSR count). The molecule has 0 amide bonds. The normalized spacial score (nSPS) is 15.3. The maximum absolute atomic E-state index is 12.2. The van der Waals surface area contributed by atoms with E-state index < -0.39 is 0 Å². The van der Waals surface area contributed by atoms with Crippen LogP contribution in [0.5, 0.6) is 0 Å². The van der Waals surface area contributed by atoms with Crippen molar-refractivity contribution in [3.63, 3.8) is 0 Å². The highest BCUT2D eigenvalue weighted by atomic mass is 35.5. The third-order valence-corrected chi connectivity index (χ3v) is 5.33. The highest BCUT2D eigenvalue weighted by Gasteiger charge is 2.22. The zero-order chi connectivity index (χ0) is 19.7. The molecule has 0 saturated carbocycles. The highest BCUT2D eigenvalue weighted by molar-refractivity contribution is 7.90. The second-order valence-electron chi connectivity index (χ2n) is 6.43. The molecular formula is C22H17ClN2O2S. The summed E-state index contributed by atoms with van der Waals surface area (Å²) in [7, 11) is 0. The minimum Gasteiger partial charge on any atom is -0.390 e. The summed E-state index contributed by atoms with van der Waals surface area (Å²) in [6.07, 6.45) is 4.14. The van der Waals surface area contributed by atoms with Crippen molar-refractivity contribution in [1.82, 2.24) is 9.78 Å². The molecule has 1 heterocycles. The first-order valence-electron chi connectivity index (χ1n) is 8.76. The molecule has 1 N–H and O–H groups in total. The van der Waals surface area contributed by atoms with Crippen LogP contribution in [0, 0.1) is 0 Å². The molecule has 0 aliphatic heterocycles. The molecule has 4 nitrogen and oxygen atoms in total. The monoisotopic (exact) mass is 408 g/mol. The molecule has 0 unspecified atom stereocenters. The number of carbonyl (C=O) groups excluding carboxylic acids is 1. The molecule has 0 bridgehead atoms. The number of benzene rings is 2. The van der Waals surface area contributed by atoms with E-state index in [4.69, 9.17) is 11.6 Å². The van der Waals surface area contributed by atoms with Crippen LogP contribution in [0.15, 0.2) is 66.7 Å². The second-order valence-corrected chi connectivity index (χ2v) is 7.32. The van der Waals surface area contributed by atoms with Crippen molar-refractivity contribution >= 4 is 40.5 Å². The Balaban J connectivity index is 1.75. The quantitative estimate of drug-likeness (QED) is 0.600. The van der Waals surface area contributed by atoms with Crippen molar-refractivity contribution in [3.05, 3.63) is 94.3 Å². The summed E-state index contributed by atoms with van der Waals surface area (Å²) < 4.78 is 1.67. The molecule has 140 valence electrons. The first kappa shape index (κ1) is 18.7. The number of aliphatic hydroxyl groups is 1. The first-order chi connectivity index (χ1) is 13.6. The summed E-state index contributed by atoms with van der Waals surface area (Å²) in [5.41, 5.74) is 4.59. The molecule has 0 saturated heterocycles. The minimum atomic E-state index is -0.186. The molecule has 1 aliphatic rings. The van der Waals surface area contributed by atoms with E-state index in [2.05, 4.69) is 17.7 Å². The van der Waals surface area contributed by atoms with Crippen LogP contribution in [0.4, 0.5) is 0 Å². The lowest BCUT2D eigenvalue weighted by atomic mass is 10.1. The fourth-order valence-corrected chi connectivity index (χ4v) is 3.73. The molecule has 1 aromatic heterocycles. The Bertz CT molecular complexity index is 1130. The Kier molecular flexibility index (Phi) is 5.22. The van der Waals surface area contributed by atoms with Gasteiger partial charge in [-0.15, -0.1) is 12.6 Å². The summed E-state index contributed by atoms with van der Waals surface area (Å²) in [6, 6.07) is 16.7. The molecule has 3 aromatic rings. The lowest BCUT2D eigenvalue weighted by Gasteiger charge is -2.09. The standard InChI is InChI=1S/C22H17ClN2O2S/c23-18-7-3-4-8-19(18)25-20(12-15(13-26)24-25)22(28)10-9-14-11-21(27)17-6-2-1-5-16(14)17/h1-10,12,26,28H,11,13H2/b14-9+,22-10-. The number of fused-ring (bicyclic) bond motifs is 1. The van der Waals surface area contributed by atoms with Crippen molar-refractivity contribution in [2.75, 3.05) is 0 Å². The van der Waals surface area contributed by atoms with Gasteiger partial charge in [0.05, 0.1) is 28.7 Å². The highest BCUT2D eigenvalue weighted by Crippen LogP contribution is 2.33. The second kappa shape index (κ2) is 7.80. The number of thiol groups is 1. The Morgan fingerprint density at radius 3 is 2.64 bits per heavy atom. The number of nitrogens with zero attached hydrogens (tertiary/aromatic N) is 2. The van der Waals surface area contributed by atoms with Gasteiger partial charge in [-0.3, -0.25) is 4.79 Å². The van der Waals surface area contributed by atoms with Gasteiger partial charge in [0.15, 0.2) is 5.78 Å². The van der Waals surface area contributed by atoms with E-state index in [0.29, 0.717) is 33.4 Å². The zero-order valence-electron chi connectivity index (χ0n) is 14.8. The van der Waals surface area contributed by atoms with Gasteiger partial charge < -0.3 is 5.11 Å². The van der Waals surface area contributed by atoms with Crippen LogP contribution in [-0.4, -0.2) is 20.7 Å². The van der Waals surface area contributed by atoms with Gasteiger partial charge in [0, 0.05) is 16.9 Å². The number of rotatable bonds is 4. The molecule has 0 atom stereocenters. The lowest BCUT2D eigenvalue weighted by molar-refractivity contribution is 0.100. The first-order valence-corrected chi connectivity index (χ1v) is 9.58. The van der Waals surface area contributed by atoms with Crippen molar-refractivity contribution in [2.24, 2.45) is 0 Å². The average Bonchev–Trinajstić information content (AvgIpc) is 3.28. The maximum atomic E-state index is 12.2. The van der Waals surface area contributed by atoms with E-state index in [0.717, 1.165) is 16.7 Å². The number of aliphatic hydroxyl groups excluding tert-OH is 1. The maximum Gasteiger partial charge on any atom is 0.167 e. The van der Waals surface area contributed by atoms with Gasteiger partial charge in [-0.1, -0.05) is 54.1 Å². The number of Topliss-reactive ketones (excluding diaryl/α,β-unsaturated/α-hetero) is 1. The van der Waals surface area contributed by atoms with Gasteiger partial charge in [-0.2, -0.15) is 5.10 Å². The number of ketones is 1. The van der Waals surface area contributed by atoms with E-state index >= 15 is 0 Å². The van der Waals surface area contributed by atoms with Crippen LogP contribution in [0.3, 0.4) is 0 Å². The van der Waals surface area contributed by atoms with Crippen molar-refractivity contribution < 1.29 is 9.90 Å². The summed E-state index contributed by atoms with van der Waals surface area (Å²) >= 11 is 11.0. The third kappa shape index (κ3) is 3.44. The molecular weight excluding hydrogens is 392 g/mol. The van der Waals surface area contributed by atoms with Gasteiger partial charge in [-0.25, -0.2) is 4.68 Å². The zero-order valence-corrected chi connectivity index (χ0v) is 16.5. The van der Waals surface area contributed by atoms with Gasteiger partial charge in [0.25, 0.3) is 0 Å². The molecule has 0 spiro atoms. The van der Waals surface area contributed by atoms with Gasteiger partial charge in [-0.05, 0) is 35.4 Å². The fourth-order valence-electron chi connectivity index (χ4n) is 3.28. The predicted octanol–water partition coefficient (Wildman–Crippen LogP) is 4.96. The van der Waals surface area contributed by atoms with Crippen LogP contribution < -0.4 is 0 Å². The summed E-state index contributed by atoms with van der Waals surface area (Å²) in [4.78, 5) is 12.8. The number of allylic oxidation sites excluding steroid dienone is 3. The van der Waals surface area contributed by atoms with Crippen molar-refractivity contribution in [3.8, 4) is 5.69 Å². The predicted molar refractivity (Wildman–Crippen MR) is 115 cm³/mol. The van der Waals surface area contributed by atoms with Crippen LogP contribution in [0.25, 0.3) is 16.2 Å². The molecule has 6 heteroatoms. The largest absolute Gasteiger partial charge is 0.390 e. The number of carbonyl (C=O) groups is 1. The summed E-state index contributed by atoms with van der Waals surface area (Å²) in [5.74, 6) is 0.125. The van der Waals surface area contributed by atoms with Crippen molar-refractivity contribution in [2.45, 2.75) is 13.0 Å². The average molecular weight is 409 g/mol. The van der Waals surface area contributed by atoms with Crippen LogP contribution in [-0.2, 0) is 6.61 Å². The molecule has 0 fully saturated rings. The Morgan fingerprint density at radius 1 is 1.18 bits per heavy atom. The van der Waals surface area contributed by atoms with E-state index in [-0.39, 0.29) is 12.4 Å². The van der Waals surface area contributed by atoms with E-state index in [1.54, 1.807) is 16.8 Å². The number of para-hydroxylation sites is 1. The van der Waals surface area contributed by atoms with E-state index in [9.17, 15) is 9.90 Å². The smallest absolute Gasteiger partial charge is 0.167 e. The number of hydrogen-bond acceptors (Lipinski definition) is 4. The SMILES string of the molecule is O=C1C/C(=C\C=C(/S)c2cc(CO)nn2-c2ccccc2Cl)c2ccccc21. The van der Waals surface area contributed by atoms with Crippen LogP contribution >= 0.6 is 24.2 Å². The Hall–Kier alpha value is -2.60. The molecule has 1 aliphatic carbocycles. The topological polar surface area (TPSA) is 55.1 Å². The minimum absolute atomic E-state index is 0.125. The molecule has 28 heavy (non-hydrogen) atoms. The van der Waals surface area contributed by atoms with Crippen LogP contribution in [0.2, 0.25) is 5.02 Å². The number of hydrogen-bond donors (Lipinski definition) is 2. The summed E-state index contributed by atoms with van der Waals surface area (Å²) in [5, 5.41) is 14.5. The van der Waals surface area contributed by atoms with E-state index in [1.165, 1.54) is 0 Å². The number of halogens is 1. The van der Waals surface area contributed by atoms with Gasteiger partial charge in [0.2, 0.25) is 0 Å². The van der Waals surface area contributed by atoms with Crippen LogP contribution in [0.1, 0.15) is 33.7 Å². The summed E-state index contributed by atoms with van der Waals surface area (Å²) in [6.45, 7) is -0.186. The Morgan fingerprint density at radius 2 is 1.89 bits per heavy atom. The number of aromatic nitrogens is 2. The van der Waals surface area contributed by atoms with Crippen molar-refractivity contribution in [1.29, 1.82) is 0 Å².